The van der Waals surface area contributed by atoms with Gasteiger partial charge in [0.15, 0.2) is 27.4 Å². The predicted molar refractivity (Wildman–Crippen MR) is 179 cm³/mol. The van der Waals surface area contributed by atoms with Crippen LogP contribution in [0.4, 0.5) is 0 Å². The zero-order valence-electron chi connectivity index (χ0n) is 26.5. The number of benzene rings is 4. The van der Waals surface area contributed by atoms with Gasteiger partial charge in [0.05, 0.1) is 12.7 Å². The first-order chi connectivity index (χ1) is 23.8. The molecule has 5 aromatic rings. The summed E-state index contributed by atoms with van der Waals surface area (Å²) < 4.78 is 42.3. The van der Waals surface area contributed by atoms with E-state index in [1.54, 1.807) is 6.20 Å². The van der Waals surface area contributed by atoms with Crippen molar-refractivity contribution in [2.45, 2.75) is 40.7 Å². The van der Waals surface area contributed by atoms with Crippen LogP contribution in [0.1, 0.15) is 34.8 Å². The second-order valence-electron chi connectivity index (χ2n) is 12.5. The largest absolute Gasteiger partial charge is 0.448 e. The number of carbonyl (C=O) groups excluding carboxylic acids is 2. The Labute approximate surface area is 283 Å². The number of methoxy groups -OCH3 is 1. The van der Waals surface area contributed by atoms with Crippen molar-refractivity contribution in [3.05, 3.63) is 167 Å². The van der Waals surface area contributed by atoms with E-state index in [0.717, 1.165) is 16.0 Å². The maximum atomic E-state index is 15.3. The number of sulfone groups is 1. The van der Waals surface area contributed by atoms with E-state index in [0.29, 0.717) is 11.1 Å². The van der Waals surface area contributed by atoms with Gasteiger partial charge >= 0.3 is 5.97 Å². The molecule has 1 spiro atoms. The van der Waals surface area contributed by atoms with Crippen LogP contribution in [0, 0.1) is 0 Å². The number of ether oxygens (including phenoxy) is 2. The second kappa shape index (κ2) is 11.6. The van der Waals surface area contributed by atoms with Crippen LogP contribution in [0.2, 0.25) is 0 Å². The third-order valence-corrected chi connectivity index (χ3v) is 12.9. The molecule has 49 heavy (non-hydrogen) atoms. The van der Waals surface area contributed by atoms with Crippen LogP contribution in [0.25, 0.3) is 0 Å². The molecular weight excluding hydrogens is 641 g/mol. The van der Waals surface area contributed by atoms with Crippen molar-refractivity contribution < 1.29 is 27.5 Å². The number of carbonyl (C=O) groups is 2. The van der Waals surface area contributed by atoms with Crippen molar-refractivity contribution >= 4 is 21.7 Å². The number of hydrogen-bond acceptors (Lipinski definition) is 8. The normalized spacial score (nSPS) is 23.2. The molecule has 4 aromatic carbocycles. The number of β-lactam (4-membered cyclic amide) rings is 1. The number of hydrogen-bond donors (Lipinski definition) is 0. The Morgan fingerprint density at radius 3 is 1.88 bits per heavy atom. The van der Waals surface area contributed by atoms with E-state index in [4.69, 9.17) is 9.47 Å². The maximum Gasteiger partial charge on any atom is 0.356 e. The lowest BCUT2D eigenvalue weighted by Crippen LogP contribution is -2.73. The first kappa shape index (κ1) is 30.9. The average molecular weight is 673 g/mol. The van der Waals surface area contributed by atoms with E-state index in [1.807, 2.05) is 121 Å². The molecule has 2 aliphatic heterocycles. The second-order valence-corrected chi connectivity index (χ2v) is 14.7. The number of fused-ring (bicyclic) bond motifs is 1. The molecular formula is C38H32N4O6S. The van der Waals surface area contributed by atoms with Crippen LogP contribution in [0.3, 0.4) is 0 Å². The Morgan fingerprint density at radius 2 is 1.39 bits per heavy atom. The van der Waals surface area contributed by atoms with E-state index >= 15 is 8.42 Å². The van der Waals surface area contributed by atoms with Gasteiger partial charge < -0.3 is 9.47 Å². The van der Waals surface area contributed by atoms with Gasteiger partial charge in [-0.3, -0.25) is 9.69 Å². The highest BCUT2D eigenvalue weighted by Gasteiger charge is 2.84. The Balaban J connectivity index is 1.39. The van der Waals surface area contributed by atoms with Gasteiger partial charge in [0.1, 0.15) is 10.4 Å². The molecule has 1 aliphatic carbocycles. The highest BCUT2D eigenvalue weighted by molar-refractivity contribution is 7.94. The smallest absolute Gasteiger partial charge is 0.356 e. The number of nitrogens with zero attached hydrogens (tertiary/aromatic N) is 4. The van der Waals surface area contributed by atoms with Crippen LogP contribution in [-0.4, -0.2) is 63.5 Å². The first-order valence-electron chi connectivity index (χ1n) is 15.9. The summed E-state index contributed by atoms with van der Waals surface area (Å²) in [7, 11) is -2.98. The molecule has 2 fully saturated rings. The van der Waals surface area contributed by atoms with Crippen molar-refractivity contribution in [2.75, 3.05) is 7.11 Å². The summed E-state index contributed by atoms with van der Waals surface area (Å²) in [4.78, 5) is 29.7. The van der Waals surface area contributed by atoms with E-state index in [1.165, 1.54) is 18.0 Å². The monoisotopic (exact) mass is 672 g/mol. The van der Waals surface area contributed by atoms with Gasteiger partial charge in [0.25, 0.3) is 5.91 Å². The number of rotatable bonds is 9. The van der Waals surface area contributed by atoms with E-state index in [2.05, 4.69) is 10.3 Å². The Hall–Kier alpha value is -5.39. The summed E-state index contributed by atoms with van der Waals surface area (Å²) in [5.74, 6) is -1.45. The third-order valence-electron chi connectivity index (χ3n) is 10.1. The molecule has 3 atom stereocenters. The van der Waals surface area contributed by atoms with Gasteiger partial charge in [0.2, 0.25) is 0 Å². The van der Waals surface area contributed by atoms with Crippen LogP contribution in [0.5, 0.6) is 0 Å². The van der Waals surface area contributed by atoms with Crippen molar-refractivity contribution in [1.82, 2.24) is 19.9 Å². The molecule has 11 heteroatoms. The quantitative estimate of drug-likeness (QED) is 0.165. The van der Waals surface area contributed by atoms with Gasteiger partial charge in [0, 0.05) is 24.3 Å². The molecule has 0 bridgehead atoms. The summed E-state index contributed by atoms with van der Waals surface area (Å²) in [6.45, 7) is -0.124. The minimum Gasteiger partial charge on any atom is -0.448 e. The minimum absolute atomic E-state index is 0.112. The van der Waals surface area contributed by atoms with E-state index in [9.17, 15) is 9.59 Å². The van der Waals surface area contributed by atoms with Gasteiger partial charge in [-0.05, 0) is 28.7 Å². The molecule has 1 saturated heterocycles. The molecule has 1 aromatic heterocycles. The predicted octanol–water partition coefficient (Wildman–Crippen LogP) is 4.61. The molecule has 0 radical (unpaired) electrons. The van der Waals surface area contributed by atoms with Crippen molar-refractivity contribution in [3.63, 3.8) is 0 Å². The SMILES string of the molecule is CO[C@H]1C(=O)N2C(C(=O)OC(c3ccccc3)c3ccccc3)=C(Cn3ccnn3)C3(CC3(c3ccccc3)c3ccccc3)S(=O)(=O)C12. The zero-order valence-corrected chi connectivity index (χ0v) is 27.3. The van der Waals surface area contributed by atoms with Crippen LogP contribution in [0.15, 0.2) is 145 Å². The molecule has 1 saturated carbocycles. The van der Waals surface area contributed by atoms with Gasteiger partial charge in [-0.2, -0.15) is 0 Å². The topological polar surface area (TPSA) is 121 Å². The zero-order chi connectivity index (χ0) is 33.8. The Kier molecular flexibility index (Phi) is 7.34. The highest BCUT2D eigenvalue weighted by Crippen LogP contribution is 2.73. The molecule has 3 aliphatic rings. The number of amides is 1. The summed E-state index contributed by atoms with van der Waals surface area (Å²) in [5.41, 5.74) is 1.98. The van der Waals surface area contributed by atoms with E-state index in [-0.39, 0.29) is 24.2 Å². The Morgan fingerprint density at radius 1 is 0.857 bits per heavy atom. The van der Waals surface area contributed by atoms with Crippen LogP contribution >= 0.6 is 0 Å². The lowest BCUT2D eigenvalue weighted by atomic mass is 9.82. The van der Waals surface area contributed by atoms with Gasteiger partial charge in [-0.25, -0.2) is 17.9 Å². The third kappa shape index (κ3) is 4.45. The summed E-state index contributed by atoms with van der Waals surface area (Å²) in [5, 5.41) is 6.68. The van der Waals surface area contributed by atoms with Crippen molar-refractivity contribution in [2.24, 2.45) is 0 Å². The summed E-state index contributed by atoms with van der Waals surface area (Å²) in [6.07, 6.45) is 1.08. The molecule has 8 rings (SSSR count). The Bertz CT molecular complexity index is 2080. The fourth-order valence-corrected chi connectivity index (χ4v) is 11.0. The van der Waals surface area contributed by atoms with Gasteiger partial charge in [-0.15, -0.1) is 5.10 Å². The molecule has 1 amide bonds. The fourth-order valence-electron chi connectivity index (χ4n) is 7.88. The van der Waals surface area contributed by atoms with Crippen LogP contribution < -0.4 is 0 Å². The average Bonchev–Trinajstić information content (AvgIpc) is 3.61. The molecule has 2 unspecified atom stereocenters. The highest BCUT2D eigenvalue weighted by atomic mass is 32.2. The van der Waals surface area contributed by atoms with Crippen molar-refractivity contribution in [1.29, 1.82) is 0 Å². The van der Waals surface area contributed by atoms with Crippen LogP contribution in [-0.2, 0) is 40.9 Å². The fraction of sp³-hybridized carbons (Fsp3) is 0.211. The lowest BCUT2D eigenvalue weighted by molar-refractivity contribution is -0.165. The molecule has 3 heterocycles. The molecule has 246 valence electrons. The van der Waals surface area contributed by atoms with E-state index < -0.39 is 49.5 Å². The first-order valence-corrected chi connectivity index (χ1v) is 17.5. The molecule has 0 N–H and O–H groups in total. The summed E-state index contributed by atoms with van der Waals surface area (Å²) >= 11 is 0. The van der Waals surface area contributed by atoms with Gasteiger partial charge in [-0.1, -0.05) is 127 Å². The molecule has 10 nitrogen and oxygen atoms in total. The lowest BCUT2D eigenvalue weighted by Gasteiger charge is -2.52. The number of esters is 1. The maximum absolute atomic E-state index is 15.3. The minimum atomic E-state index is -4.29. The van der Waals surface area contributed by atoms with Crippen molar-refractivity contribution in [3.8, 4) is 0 Å². The number of aromatic nitrogens is 3. The summed E-state index contributed by atoms with van der Waals surface area (Å²) in [6, 6.07) is 37.5. The standard InChI is InChI=1S/C38H32N4O6S/c1-47-33-34(43)42-31(36(44)48-32(26-14-6-2-7-15-26)27-16-8-3-9-17-27)30(24-41-23-22-39-40-41)38(49(45,46)35(33)42)25-37(38,28-18-10-4-11-19-28)29-20-12-5-13-21-29/h2-23,32-33,35H,24-25H2,1H3/t33-,35?,38?/m0/s1.